The number of carbonyl (C=O) groups is 2. The van der Waals surface area contributed by atoms with Crippen molar-refractivity contribution in [2.75, 3.05) is 32.7 Å². The van der Waals surface area contributed by atoms with E-state index < -0.39 is 0 Å². The van der Waals surface area contributed by atoms with E-state index >= 15 is 0 Å². The smallest absolute Gasteiger partial charge is 0.231 e. The molecule has 0 aromatic carbocycles. The standard InChI is InChI=1S/C11H21N3O2/c1-2-3-4-11(16)14-7-5-13(6-8-14)9-10(12)15/h2-9H2,1H3,(H2,12,15). The van der Waals surface area contributed by atoms with Gasteiger partial charge in [-0.1, -0.05) is 13.3 Å². The highest BCUT2D eigenvalue weighted by Gasteiger charge is 2.20. The molecule has 0 saturated carbocycles. The summed E-state index contributed by atoms with van der Waals surface area (Å²) in [4.78, 5) is 26.3. The monoisotopic (exact) mass is 227 g/mol. The van der Waals surface area contributed by atoms with Crippen LogP contribution in [-0.2, 0) is 9.59 Å². The van der Waals surface area contributed by atoms with Crippen LogP contribution < -0.4 is 5.73 Å². The van der Waals surface area contributed by atoms with E-state index in [4.69, 9.17) is 5.73 Å². The lowest BCUT2D eigenvalue weighted by molar-refractivity contribution is -0.133. The van der Waals surface area contributed by atoms with Crippen molar-refractivity contribution in [2.24, 2.45) is 5.73 Å². The molecule has 1 heterocycles. The molecule has 0 bridgehead atoms. The molecule has 1 aliphatic rings. The molecule has 0 aromatic rings. The number of primary amides is 1. The predicted octanol–water partition coefficient (Wildman–Crippen LogP) is -0.194. The molecular formula is C11H21N3O2. The second-order valence-corrected chi connectivity index (χ2v) is 4.23. The second-order valence-electron chi connectivity index (χ2n) is 4.23. The zero-order chi connectivity index (χ0) is 12.0. The molecule has 0 unspecified atom stereocenters. The Morgan fingerprint density at radius 1 is 1.19 bits per heavy atom. The van der Waals surface area contributed by atoms with Crippen molar-refractivity contribution in [3.8, 4) is 0 Å². The van der Waals surface area contributed by atoms with Gasteiger partial charge in [0.05, 0.1) is 6.54 Å². The van der Waals surface area contributed by atoms with Gasteiger partial charge >= 0.3 is 0 Å². The van der Waals surface area contributed by atoms with E-state index in [1.54, 1.807) is 0 Å². The van der Waals surface area contributed by atoms with Crippen molar-refractivity contribution in [1.82, 2.24) is 9.80 Å². The molecule has 1 aliphatic heterocycles. The van der Waals surface area contributed by atoms with E-state index in [0.717, 1.165) is 39.0 Å². The largest absolute Gasteiger partial charge is 0.369 e. The predicted molar refractivity (Wildman–Crippen MR) is 61.7 cm³/mol. The van der Waals surface area contributed by atoms with Crippen LogP contribution in [-0.4, -0.2) is 54.3 Å². The number of hydrogen-bond acceptors (Lipinski definition) is 3. The molecular weight excluding hydrogens is 206 g/mol. The van der Waals surface area contributed by atoms with Gasteiger partial charge in [0.1, 0.15) is 0 Å². The fourth-order valence-electron chi connectivity index (χ4n) is 1.86. The SMILES string of the molecule is CCCCC(=O)N1CCN(CC(N)=O)CC1. The molecule has 5 nitrogen and oxygen atoms in total. The number of hydrogen-bond donors (Lipinski definition) is 1. The lowest BCUT2D eigenvalue weighted by Gasteiger charge is -2.34. The number of carbonyl (C=O) groups excluding carboxylic acids is 2. The summed E-state index contributed by atoms with van der Waals surface area (Å²) in [5.74, 6) is -0.0636. The average Bonchev–Trinajstić information content (AvgIpc) is 2.26. The molecule has 0 radical (unpaired) electrons. The minimum Gasteiger partial charge on any atom is -0.369 e. The van der Waals surface area contributed by atoms with Crippen LogP contribution in [0, 0.1) is 0 Å². The molecule has 1 fully saturated rings. The number of unbranched alkanes of at least 4 members (excludes halogenated alkanes) is 1. The van der Waals surface area contributed by atoms with Crippen LogP contribution in [0.15, 0.2) is 0 Å². The molecule has 16 heavy (non-hydrogen) atoms. The van der Waals surface area contributed by atoms with Crippen molar-refractivity contribution in [1.29, 1.82) is 0 Å². The fraction of sp³-hybridized carbons (Fsp3) is 0.818. The third kappa shape index (κ3) is 4.18. The maximum atomic E-state index is 11.7. The Balaban J connectivity index is 2.25. The zero-order valence-electron chi connectivity index (χ0n) is 9.95. The number of nitrogens with zero attached hydrogens (tertiary/aromatic N) is 2. The number of piperazine rings is 1. The molecule has 1 saturated heterocycles. The highest BCUT2D eigenvalue weighted by molar-refractivity contribution is 5.77. The van der Waals surface area contributed by atoms with Gasteiger partial charge in [-0.15, -0.1) is 0 Å². The van der Waals surface area contributed by atoms with Gasteiger partial charge in [-0.2, -0.15) is 0 Å². The summed E-state index contributed by atoms with van der Waals surface area (Å²) in [6.07, 6.45) is 2.65. The van der Waals surface area contributed by atoms with Crippen LogP contribution >= 0.6 is 0 Å². The number of amides is 2. The summed E-state index contributed by atoms with van der Waals surface area (Å²) in [6, 6.07) is 0. The first-order valence-electron chi connectivity index (χ1n) is 5.92. The normalized spacial score (nSPS) is 17.4. The molecule has 0 spiro atoms. The van der Waals surface area contributed by atoms with Gasteiger partial charge in [0.15, 0.2) is 0 Å². The Labute approximate surface area is 96.6 Å². The van der Waals surface area contributed by atoms with Crippen molar-refractivity contribution in [2.45, 2.75) is 26.2 Å². The summed E-state index contributed by atoms with van der Waals surface area (Å²) < 4.78 is 0. The Morgan fingerprint density at radius 3 is 2.31 bits per heavy atom. The van der Waals surface area contributed by atoms with Gasteiger partial charge in [0.25, 0.3) is 0 Å². The Kier molecular flexibility index (Phi) is 5.25. The summed E-state index contributed by atoms with van der Waals surface area (Å²) >= 11 is 0. The lowest BCUT2D eigenvalue weighted by atomic mass is 10.2. The molecule has 2 N–H and O–H groups in total. The summed E-state index contributed by atoms with van der Waals surface area (Å²) in [6.45, 7) is 5.32. The van der Waals surface area contributed by atoms with Crippen molar-refractivity contribution < 1.29 is 9.59 Å². The van der Waals surface area contributed by atoms with Crippen LogP contribution in [0.25, 0.3) is 0 Å². The highest BCUT2D eigenvalue weighted by Crippen LogP contribution is 2.05. The average molecular weight is 227 g/mol. The Hall–Kier alpha value is -1.10. The first-order chi connectivity index (χ1) is 7.63. The molecule has 5 heteroatoms. The lowest BCUT2D eigenvalue weighted by Crippen LogP contribution is -2.50. The Bertz CT molecular complexity index is 248. The van der Waals surface area contributed by atoms with Gasteiger partial charge in [-0.3, -0.25) is 14.5 Å². The quantitative estimate of drug-likeness (QED) is 0.707. The van der Waals surface area contributed by atoms with Crippen molar-refractivity contribution in [3.05, 3.63) is 0 Å². The Morgan fingerprint density at radius 2 is 1.81 bits per heavy atom. The summed E-state index contributed by atoms with van der Waals surface area (Å²) in [5.41, 5.74) is 5.12. The fourth-order valence-corrected chi connectivity index (χ4v) is 1.86. The van der Waals surface area contributed by atoms with Gasteiger partial charge in [-0.25, -0.2) is 0 Å². The molecule has 0 atom stereocenters. The first kappa shape index (κ1) is 13.0. The second kappa shape index (κ2) is 6.48. The van der Waals surface area contributed by atoms with E-state index in [0.29, 0.717) is 13.0 Å². The summed E-state index contributed by atoms with van der Waals surface area (Å²) in [7, 11) is 0. The van der Waals surface area contributed by atoms with Crippen molar-refractivity contribution >= 4 is 11.8 Å². The molecule has 92 valence electrons. The maximum absolute atomic E-state index is 11.7. The van der Waals surface area contributed by atoms with Crippen LogP contribution in [0.1, 0.15) is 26.2 Å². The van der Waals surface area contributed by atoms with Gasteiger partial charge in [0.2, 0.25) is 11.8 Å². The topological polar surface area (TPSA) is 66.6 Å². The molecule has 0 aromatic heterocycles. The van der Waals surface area contributed by atoms with Gasteiger partial charge < -0.3 is 10.6 Å². The number of rotatable bonds is 5. The molecule has 1 rings (SSSR count). The van der Waals surface area contributed by atoms with Crippen molar-refractivity contribution in [3.63, 3.8) is 0 Å². The third-order valence-corrected chi connectivity index (χ3v) is 2.85. The maximum Gasteiger partial charge on any atom is 0.231 e. The van der Waals surface area contributed by atoms with Gasteiger partial charge in [-0.05, 0) is 6.42 Å². The minimum absolute atomic E-state index is 0.237. The van der Waals surface area contributed by atoms with Crippen LogP contribution in [0.4, 0.5) is 0 Å². The molecule has 0 aliphatic carbocycles. The minimum atomic E-state index is -0.300. The van der Waals surface area contributed by atoms with Crippen LogP contribution in [0.3, 0.4) is 0 Å². The van der Waals surface area contributed by atoms with Crippen LogP contribution in [0.5, 0.6) is 0 Å². The van der Waals surface area contributed by atoms with E-state index in [1.807, 2.05) is 9.80 Å². The van der Waals surface area contributed by atoms with E-state index in [9.17, 15) is 9.59 Å². The highest BCUT2D eigenvalue weighted by atomic mass is 16.2. The summed E-state index contributed by atoms with van der Waals surface area (Å²) in [5, 5.41) is 0. The van der Waals surface area contributed by atoms with Crippen LogP contribution in [0.2, 0.25) is 0 Å². The molecule has 2 amide bonds. The first-order valence-corrected chi connectivity index (χ1v) is 5.92. The van der Waals surface area contributed by atoms with Gasteiger partial charge in [0, 0.05) is 32.6 Å². The third-order valence-electron chi connectivity index (χ3n) is 2.85. The van der Waals surface area contributed by atoms with E-state index in [2.05, 4.69) is 6.92 Å². The van der Waals surface area contributed by atoms with E-state index in [1.165, 1.54) is 0 Å². The van der Waals surface area contributed by atoms with E-state index in [-0.39, 0.29) is 11.8 Å². The zero-order valence-corrected chi connectivity index (χ0v) is 9.95. The number of nitrogens with two attached hydrogens (primary N) is 1.